The van der Waals surface area contributed by atoms with E-state index in [9.17, 15) is 0 Å². The lowest BCUT2D eigenvalue weighted by Crippen LogP contribution is -2.35. The Morgan fingerprint density at radius 1 is 1.04 bits per heavy atom. The molecule has 0 spiro atoms. The van der Waals surface area contributed by atoms with Crippen molar-refractivity contribution in [2.75, 3.05) is 51.2 Å². The van der Waals surface area contributed by atoms with E-state index in [2.05, 4.69) is 16.0 Å². The molecule has 1 aliphatic heterocycles. The average molecular weight is 322 g/mol. The quantitative estimate of drug-likeness (QED) is 0.440. The SMILES string of the molecule is [2H]C1Nc2ccccc2C([2H])N1CCCNCCCCNCCCN. The van der Waals surface area contributed by atoms with Gasteiger partial charge >= 0.3 is 0 Å². The predicted molar refractivity (Wildman–Crippen MR) is 98.6 cm³/mol. The summed E-state index contributed by atoms with van der Waals surface area (Å²) in [4.78, 5) is 1.89. The van der Waals surface area contributed by atoms with E-state index in [-0.39, 0.29) is 0 Å². The lowest BCUT2D eigenvalue weighted by molar-refractivity contribution is 0.271. The van der Waals surface area contributed by atoms with Crippen molar-refractivity contribution in [3.05, 3.63) is 29.8 Å². The maximum Gasteiger partial charge on any atom is 0.0681 e. The zero-order valence-corrected chi connectivity index (χ0v) is 14.1. The fourth-order valence-corrected chi connectivity index (χ4v) is 2.60. The van der Waals surface area contributed by atoms with Crippen LogP contribution in [0.25, 0.3) is 0 Å². The second-order valence-corrected chi connectivity index (χ2v) is 5.93. The van der Waals surface area contributed by atoms with Gasteiger partial charge in [-0.25, -0.2) is 0 Å². The van der Waals surface area contributed by atoms with Crippen molar-refractivity contribution < 1.29 is 2.74 Å². The van der Waals surface area contributed by atoms with Crippen LogP contribution >= 0.6 is 0 Å². The molecule has 2 atom stereocenters. The molecule has 0 saturated carbocycles. The van der Waals surface area contributed by atoms with E-state index < -0.39 is 13.2 Å². The molecule has 5 heteroatoms. The highest BCUT2D eigenvalue weighted by Crippen LogP contribution is 2.21. The van der Waals surface area contributed by atoms with Crippen LogP contribution in [-0.2, 0) is 6.52 Å². The monoisotopic (exact) mass is 321 g/mol. The third-order valence-electron chi connectivity index (χ3n) is 3.94. The van der Waals surface area contributed by atoms with Gasteiger partial charge in [0.2, 0.25) is 0 Å². The van der Waals surface area contributed by atoms with Crippen molar-refractivity contribution in [1.29, 1.82) is 0 Å². The van der Waals surface area contributed by atoms with Crippen molar-refractivity contribution in [2.24, 2.45) is 5.73 Å². The third-order valence-corrected chi connectivity index (χ3v) is 3.94. The maximum absolute atomic E-state index is 8.41. The Balaban J connectivity index is 1.55. The molecule has 0 amide bonds. The first-order chi connectivity index (χ1) is 12.2. The van der Waals surface area contributed by atoms with Crippen molar-refractivity contribution in [1.82, 2.24) is 15.5 Å². The number of unbranched alkanes of at least 4 members (excludes halogenated alkanes) is 1. The number of benzene rings is 1. The average Bonchev–Trinajstić information content (AvgIpc) is 2.62. The van der Waals surface area contributed by atoms with Gasteiger partial charge in [-0.05, 0) is 70.0 Å². The van der Waals surface area contributed by atoms with Crippen LogP contribution in [0.15, 0.2) is 24.3 Å². The highest BCUT2D eigenvalue weighted by Gasteiger charge is 2.13. The molecule has 2 unspecified atom stereocenters. The first kappa shape index (κ1) is 15.4. The van der Waals surface area contributed by atoms with Crippen LogP contribution in [0.4, 0.5) is 5.69 Å². The van der Waals surface area contributed by atoms with Crippen LogP contribution in [0.5, 0.6) is 0 Å². The molecule has 0 aromatic heterocycles. The fraction of sp³-hybridized carbons (Fsp3) is 0.667. The standard InChI is InChI=1S/C18H33N5/c19-9-5-12-20-10-3-4-11-21-13-6-14-23-15-17-7-1-2-8-18(17)22-16-23/h1-2,7-8,20-22H,3-6,9-16,19H2/i15D,16D. The molecule has 1 aromatic carbocycles. The molecule has 0 bridgehead atoms. The maximum atomic E-state index is 8.41. The zero-order valence-electron chi connectivity index (χ0n) is 16.1. The Hall–Kier alpha value is -1.14. The number of hydrogen-bond donors (Lipinski definition) is 4. The van der Waals surface area contributed by atoms with Gasteiger partial charge in [0.25, 0.3) is 0 Å². The first-order valence-corrected chi connectivity index (χ1v) is 8.81. The Morgan fingerprint density at radius 3 is 2.52 bits per heavy atom. The summed E-state index contributed by atoms with van der Waals surface area (Å²) in [7, 11) is 0. The van der Waals surface area contributed by atoms with Crippen LogP contribution in [0.3, 0.4) is 0 Å². The van der Waals surface area contributed by atoms with Crippen molar-refractivity contribution in [3.8, 4) is 0 Å². The number of fused-ring (bicyclic) bond motifs is 1. The molecule has 0 radical (unpaired) electrons. The van der Waals surface area contributed by atoms with E-state index in [4.69, 9.17) is 8.48 Å². The predicted octanol–water partition coefficient (Wildman–Crippen LogP) is 1.57. The van der Waals surface area contributed by atoms with Crippen molar-refractivity contribution >= 4 is 5.69 Å². The lowest BCUT2D eigenvalue weighted by atomic mass is 10.1. The summed E-state index contributed by atoms with van der Waals surface area (Å²) in [6, 6.07) is 7.82. The molecule has 5 nitrogen and oxygen atoms in total. The van der Waals surface area contributed by atoms with E-state index in [0.29, 0.717) is 0 Å². The molecule has 5 N–H and O–H groups in total. The fourth-order valence-electron chi connectivity index (χ4n) is 2.60. The van der Waals surface area contributed by atoms with E-state index in [0.717, 1.165) is 69.8 Å². The van der Waals surface area contributed by atoms with Crippen molar-refractivity contribution in [2.45, 2.75) is 32.2 Å². The van der Waals surface area contributed by atoms with Gasteiger partial charge in [0, 0.05) is 20.1 Å². The third kappa shape index (κ3) is 7.31. The Bertz CT molecular complexity index is 488. The number of para-hydroxylation sites is 1. The first-order valence-electron chi connectivity index (χ1n) is 9.96. The molecule has 130 valence electrons. The second kappa shape index (κ2) is 11.4. The van der Waals surface area contributed by atoms with Gasteiger partial charge in [0.05, 0.1) is 8.02 Å². The van der Waals surface area contributed by atoms with Gasteiger partial charge in [-0.15, -0.1) is 0 Å². The molecule has 2 rings (SSSR count). The van der Waals surface area contributed by atoms with Crippen LogP contribution in [0, 0.1) is 0 Å². The Kier molecular flexibility index (Phi) is 7.63. The topological polar surface area (TPSA) is 65.3 Å². The molecule has 1 aromatic rings. The van der Waals surface area contributed by atoms with Crippen molar-refractivity contribution in [3.63, 3.8) is 0 Å². The van der Waals surface area contributed by atoms with Gasteiger partial charge in [-0.2, -0.15) is 0 Å². The summed E-state index contributed by atoms with van der Waals surface area (Å²) < 4.78 is 16.6. The van der Waals surface area contributed by atoms with Gasteiger partial charge in [-0.3, -0.25) is 4.90 Å². The summed E-state index contributed by atoms with van der Waals surface area (Å²) in [5, 5.41) is 10.0. The molecule has 0 saturated heterocycles. The summed E-state index contributed by atoms with van der Waals surface area (Å²) in [5.74, 6) is 0. The normalized spacial score (nSPS) is 22.1. The summed E-state index contributed by atoms with van der Waals surface area (Å²) in [6.07, 6.45) is 4.33. The Morgan fingerprint density at radius 2 is 1.74 bits per heavy atom. The van der Waals surface area contributed by atoms with E-state index in [1.165, 1.54) is 6.42 Å². The van der Waals surface area contributed by atoms with E-state index in [1.807, 2.05) is 29.2 Å². The number of anilines is 1. The minimum atomic E-state index is -0.544. The van der Waals surface area contributed by atoms with Gasteiger partial charge in [-0.1, -0.05) is 18.2 Å². The van der Waals surface area contributed by atoms with Gasteiger partial charge in [0.1, 0.15) is 0 Å². The summed E-state index contributed by atoms with van der Waals surface area (Å²) >= 11 is 0. The number of nitrogens with two attached hydrogens (primary N) is 1. The summed E-state index contributed by atoms with van der Waals surface area (Å²) in [6.45, 7) is 4.52. The molecule has 0 fully saturated rings. The number of nitrogens with zero attached hydrogens (tertiary/aromatic N) is 1. The molecular formula is C18H33N5. The molecule has 0 aliphatic carbocycles. The Labute approximate surface area is 143 Å². The molecule has 1 heterocycles. The number of nitrogens with one attached hydrogen (secondary N) is 3. The second-order valence-electron chi connectivity index (χ2n) is 5.93. The van der Waals surface area contributed by atoms with Gasteiger partial charge in [0.15, 0.2) is 0 Å². The number of rotatable bonds is 12. The van der Waals surface area contributed by atoms with Crippen LogP contribution in [-0.4, -0.2) is 50.8 Å². The van der Waals surface area contributed by atoms with E-state index >= 15 is 0 Å². The highest BCUT2D eigenvalue weighted by atomic mass is 15.2. The summed E-state index contributed by atoms with van der Waals surface area (Å²) in [5.41, 5.74) is 7.32. The number of hydrogen-bond acceptors (Lipinski definition) is 5. The molecular weight excluding hydrogens is 286 g/mol. The van der Waals surface area contributed by atoms with Crippen LogP contribution in [0.2, 0.25) is 0 Å². The minimum Gasteiger partial charge on any atom is -0.372 e. The smallest absolute Gasteiger partial charge is 0.0681 e. The van der Waals surface area contributed by atoms with Gasteiger partial charge < -0.3 is 21.7 Å². The molecule has 23 heavy (non-hydrogen) atoms. The minimum absolute atomic E-state index is 0.459. The van der Waals surface area contributed by atoms with Crippen LogP contribution < -0.4 is 21.7 Å². The lowest BCUT2D eigenvalue weighted by Gasteiger charge is -2.29. The molecule has 1 aliphatic rings. The van der Waals surface area contributed by atoms with E-state index in [1.54, 1.807) is 0 Å². The highest BCUT2D eigenvalue weighted by molar-refractivity contribution is 5.52. The zero-order chi connectivity index (χ0) is 17.9. The van der Waals surface area contributed by atoms with Crippen LogP contribution in [0.1, 0.15) is 34.0 Å². The largest absolute Gasteiger partial charge is 0.372 e.